The fourth-order valence-corrected chi connectivity index (χ4v) is 4.03. The van der Waals surface area contributed by atoms with Gasteiger partial charge < -0.3 is 4.90 Å². The number of likely N-dealkylation sites (tertiary alicyclic amines) is 1. The summed E-state index contributed by atoms with van der Waals surface area (Å²) in [4.78, 5) is 24.3. The van der Waals surface area contributed by atoms with E-state index in [4.69, 9.17) is 0 Å². The molecule has 2 aromatic rings. The first-order valence-electron chi connectivity index (χ1n) is 8.45. The lowest BCUT2D eigenvalue weighted by atomic mass is 10.2. The van der Waals surface area contributed by atoms with E-state index in [1.54, 1.807) is 17.0 Å². The second-order valence-corrected chi connectivity index (χ2v) is 8.07. The highest BCUT2D eigenvalue weighted by Crippen LogP contribution is 2.24. The molecule has 0 atom stereocenters. The molecular weight excluding hydrogens is 370 g/mol. The average molecular weight is 389 g/mol. The zero-order valence-electron chi connectivity index (χ0n) is 14.7. The minimum atomic E-state index is -3.98. The van der Waals surface area contributed by atoms with E-state index in [1.165, 1.54) is 31.2 Å². The van der Waals surface area contributed by atoms with Crippen LogP contribution in [0.5, 0.6) is 0 Å². The van der Waals surface area contributed by atoms with Gasteiger partial charge in [-0.15, -0.1) is 0 Å². The quantitative estimate of drug-likeness (QED) is 0.624. The summed E-state index contributed by atoms with van der Waals surface area (Å²) in [7, 11) is -3.98. The van der Waals surface area contributed by atoms with Crippen LogP contribution in [-0.2, 0) is 10.0 Å². The number of rotatable bonds is 5. The van der Waals surface area contributed by atoms with Gasteiger partial charge in [0.1, 0.15) is 0 Å². The Kier molecular flexibility index (Phi) is 5.13. The number of hydrogen-bond donors (Lipinski definition) is 1. The SMILES string of the molecule is Cc1ccc(S(=O)(=O)Nc2ccc(C(=O)N3CCCC3)cc2)cc1[N+](=O)[O-]. The van der Waals surface area contributed by atoms with Gasteiger partial charge in [-0.3, -0.25) is 19.6 Å². The van der Waals surface area contributed by atoms with E-state index in [9.17, 15) is 23.3 Å². The van der Waals surface area contributed by atoms with Crippen LogP contribution in [0.4, 0.5) is 11.4 Å². The van der Waals surface area contributed by atoms with Crippen LogP contribution in [0.25, 0.3) is 0 Å². The van der Waals surface area contributed by atoms with E-state index in [2.05, 4.69) is 4.72 Å². The van der Waals surface area contributed by atoms with Crippen LogP contribution >= 0.6 is 0 Å². The molecule has 0 bridgehead atoms. The zero-order chi connectivity index (χ0) is 19.6. The smallest absolute Gasteiger partial charge is 0.273 e. The number of aryl methyl sites for hydroxylation is 1. The molecule has 2 aromatic carbocycles. The molecule has 1 saturated heterocycles. The summed E-state index contributed by atoms with van der Waals surface area (Å²) < 4.78 is 27.4. The van der Waals surface area contributed by atoms with Crippen molar-refractivity contribution < 1.29 is 18.1 Å². The molecule has 3 rings (SSSR count). The molecule has 0 saturated carbocycles. The molecule has 27 heavy (non-hydrogen) atoms. The number of anilines is 1. The Labute approximate surface area is 157 Å². The van der Waals surface area contributed by atoms with E-state index < -0.39 is 14.9 Å². The van der Waals surface area contributed by atoms with Gasteiger partial charge in [-0.2, -0.15) is 0 Å². The summed E-state index contributed by atoms with van der Waals surface area (Å²) >= 11 is 0. The highest BCUT2D eigenvalue weighted by atomic mass is 32.2. The molecule has 0 aliphatic carbocycles. The van der Waals surface area contributed by atoms with Crippen LogP contribution in [-0.4, -0.2) is 37.2 Å². The number of nitro benzene ring substituents is 1. The molecule has 1 N–H and O–H groups in total. The third-order valence-electron chi connectivity index (χ3n) is 4.46. The Hall–Kier alpha value is -2.94. The minimum absolute atomic E-state index is 0.0731. The molecule has 1 heterocycles. The van der Waals surface area contributed by atoms with Crippen LogP contribution in [0.15, 0.2) is 47.4 Å². The standard InChI is InChI=1S/C18H19N3O5S/c1-13-4-9-16(12-17(13)21(23)24)27(25,26)19-15-7-5-14(6-8-15)18(22)20-10-2-3-11-20/h4-9,12,19H,2-3,10-11H2,1H3. The molecule has 0 spiro atoms. The van der Waals surface area contributed by atoms with Gasteiger partial charge in [-0.05, 0) is 50.1 Å². The lowest BCUT2D eigenvalue weighted by Crippen LogP contribution is -2.27. The Morgan fingerprint density at radius 3 is 2.33 bits per heavy atom. The van der Waals surface area contributed by atoms with Gasteiger partial charge in [0.2, 0.25) is 0 Å². The Morgan fingerprint density at radius 1 is 1.11 bits per heavy atom. The first-order valence-corrected chi connectivity index (χ1v) is 9.93. The fraction of sp³-hybridized carbons (Fsp3) is 0.278. The van der Waals surface area contributed by atoms with Crippen molar-refractivity contribution in [1.29, 1.82) is 0 Å². The third-order valence-corrected chi connectivity index (χ3v) is 5.84. The Balaban J connectivity index is 1.79. The number of nitro groups is 1. The van der Waals surface area contributed by atoms with Crippen molar-refractivity contribution >= 4 is 27.3 Å². The summed E-state index contributed by atoms with van der Waals surface area (Å²) in [5.74, 6) is -0.0731. The lowest BCUT2D eigenvalue weighted by Gasteiger charge is -2.15. The van der Waals surface area contributed by atoms with Crippen molar-refractivity contribution in [3.8, 4) is 0 Å². The third kappa shape index (κ3) is 4.08. The molecule has 1 fully saturated rings. The van der Waals surface area contributed by atoms with Crippen molar-refractivity contribution in [3.63, 3.8) is 0 Å². The number of sulfonamides is 1. The maximum absolute atomic E-state index is 12.5. The van der Waals surface area contributed by atoms with Gasteiger partial charge in [0.05, 0.1) is 9.82 Å². The number of carbonyl (C=O) groups excluding carboxylic acids is 1. The van der Waals surface area contributed by atoms with E-state index >= 15 is 0 Å². The molecule has 1 aliphatic heterocycles. The molecule has 0 unspecified atom stereocenters. The number of benzene rings is 2. The highest BCUT2D eigenvalue weighted by Gasteiger charge is 2.21. The second kappa shape index (κ2) is 7.36. The molecule has 1 aliphatic rings. The first kappa shape index (κ1) is 18.8. The van der Waals surface area contributed by atoms with Crippen molar-refractivity contribution in [1.82, 2.24) is 4.90 Å². The second-order valence-electron chi connectivity index (χ2n) is 6.39. The normalized spacial score (nSPS) is 14.2. The largest absolute Gasteiger partial charge is 0.339 e. The predicted molar refractivity (Wildman–Crippen MR) is 100 cm³/mol. The predicted octanol–water partition coefficient (Wildman–Crippen LogP) is 2.94. The van der Waals surface area contributed by atoms with Gasteiger partial charge in [0, 0.05) is 36.0 Å². The van der Waals surface area contributed by atoms with E-state index in [0.29, 0.717) is 11.1 Å². The summed E-state index contributed by atoms with van der Waals surface area (Å²) in [5.41, 5.74) is 0.884. The van der Waals surface area contributed by atoms with Crippen molar-refractivity contribution in [2.75, 3.05) is 17.8 Å². The fourth-order valence-electron chi connectivity index (χ4n) is 2.95. The molecule has 8 nitrogen and oxygen atoms in total. The van der Waals surface area contributed by atoms with Crippen molar-refractivity contribution in [2.24, 2.45) is 0 Å². The van der Waals surface area contributed by atoms with Gasteiger partial charge in [-0.1, -0.05) is 6.07 Å². The zero-order valence-corrected chi connectivity index (χ0v) is 15.5. The van der Waals surface area contributed by atoms with Crippen LogP contribution in [0.3, 0.4) is 0 Å². The summed E-state index contributed by atoms with van der Waals surface area (Å²) in [6.07, 6.45) is 1.98. The lowest BCUT2D eigenvalue weighted by molar-refractivity contribution is -0.385. The van der Waals surface area contributed by atoms with Crippen LogP contribution in [0.2, 0.25) is 0 Å². The number of nitrogens with zero attached hydrogens (tertiary/aromatic N) is 2. The van der Waals surface area contributed by atoms with Crippen molar-refractivity contribution in [2.45, 2.75) is 24.7 Å². The number of hydrogen-bond acceptors (Lipinski definition) is 5. The van der Waals surface area contributed by atoms with Crippen LogP contribution < -0.4 is 4.72 Å². The van der Waals surface area contributed by atoms with E-state index in [1.807, 2.05) is 0 Å². The monoisotopic (exact) mass is 389 g/mol. The Morgan fingerprint density at radius 2 is 1.74 bits per heavy atom. The molecule has 9 heteroatoms. The minimum Gasteiger partial charge on any atom is -0.339 e. The first-order chi connectivity index (χ1) is 12.8. The summed E-state index contributed by atoms with van der Waals surface area (Å²) in [6, 6.07) is 9.88. The molecule has 0 aromatic heterocycles. The van der Waals surface area contributed by atoms with E-state index in [-0.39, 0.29) is 22.2 Å². The van der Waals surface area contributed by atoms with Crippen LogP contribution in [0, 0.1) is 17.0 Å². The highest BCUT2D eigenvalue weighted by molar-refractivity contribution is 7.92. The van der Waals surface area contributed by atoms with Crippen LogP contribution in [0.1, 0.15) is 28.8 Å². The molecule has 142 valence electrons. The summed E-state index contributed by atoms with van der Waals surface area (Å²) in [5, 5.41) is 11.0. The van der Waals surface area contributed by atoms with Gasteiger partial charge >= 0.3 is 0 Å². The molecular formula is C18H19N3O5S. The average Bonchev–Trinajstić information content (AvgIpc) is 3.16. The molecule has 1 amide bonds. The van der Waals surface area contributed by atoms with Gasteiger partial charge in [0.15, 0.2) is 0 Å². The van der Waals surface area contributed by atoms with Gasteiger partial charge in [0.25, 0.3) is 21.6 Å². The topological polar surface area (TPSA) is 110 Å². The molecule has 0 radical (unpaired) electrons. The maximum Gasteiger partial charge on any atom is 0.273 e. The van der Waals surface area contributed by atoms with Crippen molar-refractivity contribution in [3.05, 3.63) is 63.7 Å². The number of amides is 1. The van der Waals surface area contributed by atoms with Gasteiger partial charge in [-0.25, -0.2) is 8.42 Å². The van der Waals surface area contributed by atoms with E-state index in [0.717, 1.165) is 32.0 Å². The number of carbonyl (C=O) groups is 1. The maximum atomic E-state index is 12.5. The number of nitrogens with one attached hydrogen (secondary N) is 1. The Bertz CT molecular complexity index is 981. The summed E-state index contributed by atoms with van der Waals surface area (Å²) in [6.45, 7) is 3.01.